The van der Waals surface area contributed by atoms with Crippen molar-refractivity contribution >= 4 is 29.3 Å². The highest BCUT2D eigenvalue weighted by molar-refractivity contribution is 6.33. The van der Waals surface area contributed by atoms with Gasteiger partial charge in [0.05, 0.1) is 17.3 Å². The molecule has 0 saturated carbocycles. The van der Waals surface area contributed by atoms with Crippen LogP contribution < -0.4 is 10.6 Å². The molecule has 0 fully saturated rings. The number of amides is 2. The summed E-state index contributed by atoms with van der Waals surface area (Å²) >= 11 is 5.58. The van der Waals surface area contributed by atoms with Gasteiger partial charge in [0.2, 0.25) is 0 Å². The highest BCUT2D eigenvalue weighted by Gasteiger charge is 2.21. The number of urea groups is 1. The third-order valence-corrected chi connectivity index (χ3v) is 2.48. The van der Waals surface area contributed by atoms with Crippen molar-refractivity contribution in [3.05, 3.63) is 28.8 Å². The summed E-state index contributed by atoms with van der Waals surface area (Å²) < 4.78 is 30.8. The fourth-order valence-electron chi connectivity index (χ4n) is 1.31. The van der Waals surface area contributed by atoms with Crippen LogP contribution in [0.5, 0.6) is 0 Å². The summed E-state index contributed by atoms with van der Waals surface area (Å²) in [5, 5.41) is 12.5. The molecule has 1 aromatic rings. The van der Waals surface area contributed by atoms with E-state index >= 15 is 0 Å². The number of carbonyl (C=O) groups excluding carboxylic acids is 1. The van der Waals surface area contributed by atoms with Crippen molar-refractivity contribution in [3.63, 3.8) is 0 Å². The van der Waals surface area contributed by atoms with E-state index in [0.29, 0.717) is 6.07 Å². The molecule has 0 aliphatic rings. The Hall–Kier alpha value is -1.93. The maximum absolute atomic E-state index is 13.4. The molecule has 110 valence electrons. The summed E-state index contributed by atoms with van der Waals surface area (Å²) in [7, 11) is 1.26. The average Bonchev–Trinajstić information content (AvgIpc) is 2.33. The van der Waals surface area contributed by atoms with Gasteiger partial charge < -0.3 is 20.5 Å². The quantitative estimate of drug-likeness (QED) is 0.774. The molecular weight excluding hydrogens is 298 g/mol. The Kier molecular flexibility index (Phi) is 5.66. The van der Waals surface area contributed by atoms with Gasteiger partial charge in [-0.15, -0.1) is 0 Å². The van der Waals surface area contributed by atoms with Gasteiger partial charge in [-0.2, -0.15) is 0 Å². The zero-order chi connectivity index (χ0) is 15.3. The molecule has 0 radical (unpaired) electrons. The molecule has 9 heteroatoms. The molecule has 1 atom stereocenters. The Bertz CT molecular complexity index is 504. The van der Waals surface area contributed by atoms with E-state index in [4.69, 9.17) is 16.7 Å². The van der Waals surface area contributed by atoms with Gasteiger partial charge in [0.1, 0.15) is 5.82 Å². The molecule has 0 spiro atoms. The number of nitrogens with one attached hydrogen (secondary N) is 2. The SMILES string of the molecule is COCC(NC(=O)Nc1c(F)cc(F)cc1Cl)C(=O)O. The second-order valence-electron chi connectivity index (χ2n) is 3.69. The van der Waals surface area contributed by atoms with Gasteiger partial charge >= 0.3 is 12.0 Å². The summed E-state index contributed by atoms with van der Waals surface area (Å²) in [4.78, 5) is 22.3. The smallest absolute Gasteiger partial charge is 0.328 e. The predicted octanol–water partition coefficient (Wildman–Crippen LogP) is 1.84. The summed E-state index contributed by atoms with van der Waals surface area (Å²) in [6, 6.07) is -0.987. The van der Waals surface area contributed by atoms with Crippen molar-refractivity contribution in [2.75, 3.05) is 19.0 Å². The van der Waals surface area contributed by atoms with E-state index in [0.717, 1.165) is 6.07 Å². The minimum absolute atomic E-state index is 0.275. The summed E-state index contributed by atoms with van der Waals surface area (Å²) in [5.41, 5.74) is -0.452. The number of ether oxygens (including phenoxy) is 1. The molecule has 2 amide bonds. The fraction of sp³-hybridized carbons (Fsp3) is 0.273. The number of carbonyl (C=O) groups is 2. The molecule has 0 saturated heterocycles. The molecule has 3 N–H and O–H groups in total. The van der Waals surface area contributed by atoms with E-state index in [1.165, 1.54) is 7.11 Å². The number of carboxylic acids is 1. The Balaban J connectivity index is 2.78. The van der Waals surface area contributed by atoms with Crippen molar-refractivity contribution < 1.29 is 28.2 Å². The normalized spacial score (nSPS) is 11.8. The predicted molar refractivity (Wildman–Crippen MR) is 66.8 cm³/mol. The molecule has 1 aromatic carbocycles. The van der Waals surface area contributed by atoms with Crippen LogP contribution in [0, 0.1) is 11.6 Å². The molecule has 0 aromatic heterocycles. The maximum Gasteiger partial charge on any atom is 0.328 e. The number of benzene rings is 1. The first-order valence-corrected chi connectivity index (χ1v) is 5.66. The second-order valence-corrected chi connectivity index (χ2v) is 4.10. The van der Waals surface area contributed by atoms with E-state index in [9.17, 15) is 18.4 Å². The number of halogens is 3. The zero-order valence-electron chi connectivity index (χ0n) is 10.2. The fourth-order valence-corrected chi connectivity index (χ4v) is 1.55. The van der Waals surface area contributed by atoms with Crippen molar-refractivity contribution in [1.29, 1.82) is 0 Å². The van der Waals surface area contributed by atoms with Gasteiger partial charge in [0.25, 0.3) is 0 Å². The van der Waals surface area contributed by atoms with Crippen molar-refractivity contribution in [1.82, 2.24) is 5.32 Å². The van der Waals surface area contributed by atoms with Crippen LogP contribution in [0.1, 0.15) is 0 Å². The number of aliphatic carboxylic acids is 1. The summed E-state index contributed by atoms with van der Waals surface area (Å²) in [5.74, 6) is -3.31. The highest BCUT2D eigenvalue weighted by Crippen LogP contribution is 2.26. The minimum atomic E-state index is -1.33. The highest BCUT2D eigenvalue weighted by atomic mass is 35.5. The van der Waals surface area contributed by atoms with E-state index in [1.54, 1.807) is 0 Å². The first-order valence-electron chi connectivity index (χ1n) is 5.29. The number of methoxy groups -OCH3 is 1. The Morgan fingerprint density at radius 2 is 2.10 bits per heavy atom. The van der Waals surface area contributed by atoms with Gasteiger partial charge in [-0.25, -0.2) is 18.4 Å². The van der Waals surface area contributed by atoms with Crippen LogP contribution in [0.15, 0.2) is 12.1 Å². The van der Waals surface area contributed by atoms with Gasteiger partial charge in [0.15, 0.2) is 11.9 Å². The lowest BCUT2D eigenvalue weighted by molar-refractivity contribution is -0.140. The number of carboxylic acid groups (broad SMARTS) is 1. The van der Waals surface area contributed by atoms with Crippen LogP contribution in [0.2, 0.25) is 5.02 Å². The molecule has 1 rings (SSSR count). The third-order valence-electron chi connectivity index (χ3n) is 2.18. The van der Waals surface area contributed by atoms with E-state index in [-0.39, 0.29) is 11.6 Å². The Labute approximate surface area is 117 Å². The van der Waals surface area contributed by atoms with Crippen molar-refractivity contribution in [3.8, 4) is 0 Å². The van der Waals surface area contributed by atoms with Crippen LogP contribution in [0.3, 0.4) is 0 Å². The largest absolute Gasteiger partial charge is 0.480 e. The molecule has 6 nitrogen and oxygen atoms in total. The average molecular weight is 309 g/mol. The summed E-state index contributed by atoms with van der Waals surface area (Å²) in [6.45, 7) is -0.275. The van der Waals surface area contributed by atoms with Crippen LogP contribution >= 0.6 is 11.6 Å². The van der Waals surface area contributed by atoms with Gasteiger partial charge in [0, 0.05) is 13.2 Å². The number of rotatable bonds is 5. The lowest BCUT2D eigenvalue weighted by Gasteiger charge is -2.15. The van der Waals surface area contributed by atoms with Gasteiger partial charge in [-0.3, -0.25) is 0 Å². The second kappa shape index (κ2) is 7.01. The van der Waals surface area contributed by atoms with Crippen LogP contribution in [-0.2, 0) is 9.53 Å². The van der Waals surface area contributed by atoms with Gasteiger partial charge in [-0.1, -0.05) is 11.6 Å². The van der Waals surface area contributed by atoms with Crippen molar-refractivity contribution in [2.45, 2.75) is 6.04 Å². The van der Waals surface area contributed by atoms with Gasteiger partial charge in [-0.05, 0) is 6.07 Å². The van der Waals surface area contributed by atoms with Crippen molar-refractivity contribution in [2.24, 2.45) is 0 Å². The van der Waals surface area contributed by atoms with E-state index < -0.39 is 35.4 Å². The lowest BCUT2D eigenvalue weighted by atomic mass is 10.3. The monoisotopic (exact) mass is 308 g/mol. The third kappa shape index (κ3) is 4.32. The number of hydrogen-bond donors (Lipinski definition) is 3. The Morgan fingerprint density at radius 3 is 2.60 bits per heavy atom. The maximum atomic E-state index is 13.4. The first kappa shape index (κ1) is 16.1. The lowest BCUT2D eigenvalue weighted by Crippen LogP contribution is -2.45. The molecule has 0 aliphatic heterocycles. The van der Waals surface area contributed by atoms with E-state index in [1.807, 2.05) is 10.6 Å². The summed E-state index contributed by atoms with van der Waals surface area (Å²) in [6.07, 6.45) is 0. The van der Waals surface area contributed by atoms with E-state index in [2.05, 4.69) is 4.74 Å². The number of anilines is 1. The van der Waals surface area contributed by atoms with Crippen LogP contribution in [-0.4, -0.2) is 36.9 Å². The van der Waals surface area contributed by atoms with Crippen LogP contribution in [0.4, 0.5) is 19.3 Å². The van der Waals surface area contributed by atoms with Crippen LogP contribution in [0.25, 0.3) is 0 Å². The standard InChI is InChI=1S/C11H11ClF2N2O4/c1-20-4-8(10(17)18)15-11(19)16-9-6(12)2-5(13)3-7(9)14/h2-3,8H,4H2,1H3,(H,17,18)(H2,15,16,19). The molecule has 0 aliphatic carbocycles. The molecule has 0 heterocycles. The first-order chi connectivity index (χ1) is 9.35. The minimum Gasteiger partial charge on any atom is -0.480 e. The Morgan fingerprint density at radius 1 is 1.45 bits per heavy atom. The molecule has 20 heavy (non-hydrogen) atoms. The zero-order valence-corrected chi connectivity index (χ0v) is 11.0. The molecule has 0 bridgehead atoms. The molecular formula is C11H11ClF2N2O4. The molecule has 1 unspecified atom stereocenters. The topological polar surface area (TPSA) is 87.7 Å². The number of hydrogen-bond acceptors (Lipinski definition) is 3.